The van der Waals surface area contributed by atoms with E-state index in [1.807, 2.05) is 0 Å². The molecule has 2 rings (SSSR count). The molecule has 0 bridgehead atoms. The number of ether oxygens (including phenoxy) is 1. The fraction of sp³-hybridized carbons (Fsp3) is 0.588. The van der Waals surface area contributed by atoms with E-state index in [1.165, 1.54) is 25.7 Å². The second kappa shape index (κ2) is 6.94. The van der Waals surface area contributed by atoms with Gasteiger partial charge in [-0.2, -0.15) is 0 Å². The smallest absolute Gasteiger partial charge is 0.335 e. The third kappa shape index (κ3) is 3.97. The molecule has 0 amide bonds. The molecular weight excluding hydrogens is 266 g/mol. The number of aromatic carboxylic acids is 1. The van der Waals surface area contributed by atoms with Crippen LogP contribution in [0, 0.1) is 5.92 Å². The maximum atomic E-state index is 11.1. The molecule has 4 heteroatoms. The van der Waals surface area contributed by atoms with Crippen LogP contribution in [0.3, 0.4) is 0 Å². The van der Waals surface area contributed by atoms with Crippen molar-refractivity contribution in [1.29, 1.82) is 0 Å². The molecular formula is C17H25NO3. The van der Waals surface area contributed by atoms with Gasteiger partial charge in [0.15, 0.2) is 0 Å². The van der Waals surface area contributed by atoms with E-state index < -0.39 is 5.97 Å². The van der Waals surface area contributed by atoms with Crippen LogP contribution in [0.2, 0.25) is 0 Å². The average Bonchev–Trinajstić information content (AvgIpc) is 2.47. The SMILES string of the molecule is COc1ccc(C(=O)O)cc1CN(C)C1CCCC(C)C1. The molecule has 2 unspecified atom stereocenters. The minimum atomic E-state index is -0.896. The first-order valence-electron chi connectivity index (χ1n) is 7.61. The summed E-state index contributed by atoms with van der Waals surface area (Å²) in [6.45, 7) is 3.04. The number of benzene rings is 1. The Morgan fingerprint density at radius 1 is 1.43 bits per heavy atom. The van der Waals surface area contributed by atoms with Gasteiger partial charge in [0.25, 0.3) is 0 Å². The van der Waals surface area contributed by atoms with Gasteiger partial charge in [-0.05, 0) is 44.0 Å². The van der Waals surface area contributed by atoms with E-state index in [9.17, 15) is 4.79 Å². The lowest BCUT2D eigenvalue weighted by molar-refractivity contribution is 0.0696. The molecule has 0 radical (unpaired) electrons. The van der Waals surface area contributed by atoms with Crippen molar-refractivity contribution in [2.45, 2.75) is 45.2 Å². The predicted octanol–water partition coefficient (Wildman–Crippen LogP) is 3.40. The molecule has 0 heterocycles. The normalized spacial score (nSPS) is 22.3. The fourth-order valence-electron chi connectivity index (χ4n) is 3.24. The molecule has 0 aromatic heterocycles. The van der Waals surface area contributed by atoms with Crippen LogP contribution in [0.5, 0.6) is 5.75 Å². The van der Waals surface area contributed by atoms with Crippen LogP contribution in [0.15, 0.2) is 18.2 Å². The zero-order valence-corrected chi connectivity index (χ0v) is 13.1. The van der Waals surface area contributed by atoms with Crippen molar-refractivity contribution >= 4 is 5.97 Å². The molecule has 1 saturated carbocycles. The molecule has 0 spiro atoms. The molecule has 1 aliphatic rings. The number of carboxylic acids is 1. The van der Waals surface area contributed by atoms with Crippen molar-refractivity contribution in [3.8, 4) is 5.75 Å². The topological polar surface area (TPSA) is 49.8 Å². The van der Waals surface area contributed by atoms with E-state index in [1.54, 1.807) is 25.3 Å². The lowest BCUT2D eigenvalue weighted by atomic mass is 9.86. The molecule has 1 aromatic rings. The maximum absolute atomic E-state index is 11.1. The lowest BCUT2D eigenvalue weighted by Gasteiger charge is -2.34. The molecule has 21 heavy (non-hydrogen) atoms. The molecule has 2 atom stereocenters. The van der Waals surface area contributed by atoms with E-state index in [4.69, 9.17) is 9.84 Å². The number of nitrogens with zero attached hydrogens (tertiary/aromatic N) is 1. The first kappa shape index (κ1) is 15.8. The molecule has 0 saturated heterocycles. The Kier molecular flexibility index (Phi) is 5.23. The van der Waals surface area contributed by atoms with Crippen LogP contribution in [0.25, 0.3) is 0 Å². The highest BCUT2D eigenvalue weighted by atomic mass is 16.5. The standard InChI is InChI=1S/C17H25NO3/c1-12-5-4-6-15(9-12)18(2)11-14-10-13(17(19)20)7-8-16(14)21-3/h7-8,10,12,15H,4-6,9,11H2,1-3H3,(H,19,20). The van der Waals surface area contributed by atoms with Crippen LogP contribution in [-0.2, 0) is 6.54 Å². The molecule has 4 nitrogen and oxygen atoms in total. The summed E-state index contributed by atoms with van der Waals surface area (Å²) in [4.78, 5) is 13.5. The van der Waals surface area contributed by atoms with Gasteiger partial charge in [-0.25, -0.2) is 4.79 Å². The van der Waals surface area contributed by atoms with Crippen molar-refractivity contribution < 1.29 is 14.6 Å². The summed E-state index contributed by atoms with van der Waals surface area (Å²) in [5.74, 6) is 0.641. The number of carbonyl (C=O) groups is 1. The highest BCUT2D eigenvalue weighted by Crippen LogP contribution is 2.29. The summed E-state index contributed by atoms with van der Waals surface area (Å²) < 4.78 is 5.37. The van der Waals surface area contributed by atoms with Gasteiger partial charge in [-0.1, -0.05) is 19.8 Å². The molecule has 1 fully saturated rings. The average molecular weight is 291 g/mol. The van der Waals surface area contributed by atoms with Gasteiger partial charge in [0.05, 0.1) is 12.7 Å². The summed E-state index contributed by atoms with van der Waals surface area (Å²) in [7, 11) is 3.75. The quantitative estimate of drug-likeness (QED) is 0.903. The number of rotatable bonds is 5. The first-order chi connectivity index (χ1) is 10.0. The first-order valence-corrected chi connectivity index (χ1v) is 7.61. The van der Waals surface area contributed by atoms with Gasteiger partial charge in [0.2, 0.25) is 0 Å². The van der Waals surface area contributed by atoms with Crippen LogP contribution >= 0.6 is 0 Å². The summed E-state index contributed by atoms with van der Waals surface area (Å²) in [6, 6.07) is 5.64. The van der Waals surface area contributed by atoms with E-state index in [2.05, 4.69) is 18.9 Å². The minimum absolute atomic E-state index is 0.316. The summed E-state index contributed by atoms with van der Waals surface area (Å²) in [5.41, 5.74) is 1.26. The number of methoxy groups -OCH3 is 1. The van der Waals surface area contributed by atoms with Crippen LogP contribution in [-0.4, -0.2) is 36.2 Å². The number of hydrogen-bond donors (Lipinski definition) is 1. The van der Waals surface area contributed by atoms with Gasteiger partial charge in [0.1, 0.15) is 5.75 Å². The van der Waals surface area contributed by atoms with Crippen molar-refractivity contribution in [2.75, 3.05) is 14.2 Å². The van der Waals surface area contributed by atoms with Gasteiger partial charge >= 0.3 is 5.97 Å². The zero-order chi connectivity index (χ0) is 15.4. The van der Waals surface area contributed by atoms with Gasteiger partial charge in [0, 0.05) is 18.2 Å². The Labute approximate surface area is 126 Å². The fourth-order valence-corrected chi connectivity index (χ4v) is 3.24. The lowest BCUT2D eigenvalue weighted by Crippen LogP contribution is -2.35. The van der Waals surface area contributed by atoms with Gasteiger partial charge < -0.3 is 9.84 Å². The Morgan fingerprint density at radius 2 is 2.19 bits per heavy atom. The summed E-state index contributed by atoms with van der Waals surface area (Å²) >= 11 is 0. The monoisotopic (exact) mass is 291 g/mol. The van der Waals surface area contributed by atoms with Crippen LogP contribution < -0.4 is 4.74 Å². The van der Waals surface area contributed by atoms with Gasteiger partial charge in [-0.15, -0.1) is 0 Å². The molecule has 1 N–H and O–H groups in total. The zero-order valence-electron chi connectivity index (χ0n) is 13.1. The van der Waals surface area contributed by atoms with Crippen molar-refractivity contribution in [3.63, 3.8) is 0 Å². The third-order valence-electron chi connectivity index (χ3n) is 4.48. The van der Waals surface area contributed by atoms with Crippen molar-refractivity contribution in [1.82, 2.24) is 4.90 Å². The van der Waals surface area contributed by atoms with Crippen molar-refractivity contribution in [3.05, 3.63) is 29.3 Å². The Hall–Kier alpha value is -1.55. The second-order valence-corrected chi connectivity index (χ2v) is 6.17. The van der Waals surface area contributed by atoms with Gasteiger partial charge in [-0.3, -0.25) is 4.90 Å². The Bertz CT molecular complexity index is 501. The van der Waals surface area contributed by atoms with E-state index in [-0.39, 0.29) is 0 Å². The summed E-state index contributed by atoms with van der Waals surface area (Å²) in [6.07, 6.45) is 5.05. The highest BCUT2D eigenvalue weighted by molar-refractivity contribution is 5.88. The Morgan fingerprint density at radius 3 is 2.81 bits per heavy atom. The molecule has 0 aliphatic heterocycles. The number of carboxylic acid groups (broad SMARTS) is 1. The van der Waals surface area contributed by atoms with Crippen LogP contribution in [0.4, 0.5) is 0 Å². The molecule has 1 aliphatic carbocycles. The van der Waals surface area contributed by atoms with Crippen LogP contribution in [0.1, 0.15) is 48.5 Å². The Balaban J connectivity index is 2.13. The second-order valence-electron chi connectivity index (χ2n) is 6.17. The van der Waals surface area contributed by atoms with E-state index >= 15 is 0 Å². The third-order valence-corrected chi connectivity index (χ3v) is 4.48. The van der Waals surface area contributed by atoms with E-state index in [0.717, 1.165) is 23.8 Å². The molecule has 1 aromatic carbocycles. The van der Waals surface area contributed by atoms with E-state index in [0.29, 0.717) is 11.6 Å². The van der Waals surface area contributed by atoms with Crippen molar-refractivity contribution in [2.24, 2.45) is 5.92 Å². The maximum Gasteiger partial charge on any atom is 0.335 e. The molecule has 116 valence electrons. The minimum Gasteiger partial charge on any atom is -0.496 e. The summed E-state index contributed by atoms with van der Waals surface area (Å²) in [5, 5.41) is 9.14. The number of hydrogen-bond acceptors (Lipinski definition) is 3. The highest BCUT2D eigenvalue weighted by Gasteiger charge is 2.23. The predicted molar refractivity (Wildman–Crippen MR) is 82.8 cm³/mol. The largest absolute Gasteiger partial charge is 0.496 e.